The van der Waals surface area contributed by atoms with Crippen LogP contribution in [-0.2, 0) is 0 Å². The second kappa shape index (κ2) is 10.3. The Hall–Kier alpha value is -3.10. The van der Waals surface area contributed by atoms with Gasteiger partial charge in [0.05, 0.1) is 19.4 Å². The van der Waals surface area contributed by atoms with E-state index >= 15 is 0 Å². The van der Waals surface area contributed by atoms with Crippen LogP contribution >= 0.6 is 22.9 Å². The van der Waals surface area contributed by atoms with E-state index in [1.54, 1.807) is 37.3 Å². The van der Waals surface area contributed by atoms with Crippen LogP contribution in [-0.4, -0.2) is 30.5 Å². The number of aryl methyl sites for hydroxylation is 1. The Morgan fingerprint density at radius 3 is 2.45 bits per heavy atom. The molecule has 0 atom stereocenters. The van der Waals surface area contributed by atoms with Crippen molar-refractivity contribution in [2.75, 3.05) is 13.7 Å². The van der Waals surface area contributed by atoms with Crippen molar-refractivity contribution in [3.63, 3.8) is 0 Å². The highest BCUT2D eigenvalue weighted by atomic mass is 35.5. The molecule has 0 bridgehead atoms. The minimum atomic E-state index is -0.478. The van der Waals surface area contributed by atoms with Gasteiger partial charge in [0.15, 0.2) is 11.5 Å². The van der Waals surface area contributed by atoms with E-state index < -0.39 is 11.8 Å². The molecule has 0 unspecified atom stereocenters. The van der Waals surface area contributed by atoms with Gasteiger partial charge in [-0.15, -0.1) is 11.3 Å². The van der Waals surface area contributed by atoms with Crippen molar-refractivity contribution < 1.29 is 19.1 Å². The van der Waals surface area contributed by atoms with Crippen molar-refractivity contribution in [1.29, 1.82) is 0 Å². The Bertz CT molecular complexity index is 1080. The first kappa shape index (κ1) is 22.6. The Morgan fingerprint density at radius 1 is 1.06 bits per heavy atom. The van der Waals surface area contributed by atoms with Gasteiger partial charge in [-0.3, -0.25) is 20.4 Å². The largest absolute Gasteiger partial charge is 0.493 e. The number of hydrazine groups is 1. The fourth-order valence-corrected chi connectivity index (χ4v) is 3.80. The molecule has 0 saturated carbocycles. The van der Waals surface area contributed by atoms with Crippen molar-refractivity contribution in [3.8, 4) is 22.1 Å². The molecule has 0 aliphatic rings. The average molecular weight is 460 g/mol. The second-order valence-electron chi connectivity index (χ2n) is 6.56. The van der Waals surface area contributed by atoms with E-state index in [-0.39, 0.29) is 0 Å². The molecule has 9 heteroatoms. The number of nitrogens with one attached hydrogen (secondary N) is 2. The van der Waals surface area contributed by atoms with Crippen LogP contribution in [0.4, 0.5) is 0 Å². The number of ether oxygens (including phenoxy) is 2. The minimum Gasteiger partial charge on any atom is -0.493 e. The number of benzene rings is 2. The van der Waals surface area contributed by atoms with Crippen LogP contribution < -0.4 is 20.3 Å². The predicted molar refractivity (Wildman–Crippen MR) is 121 cm³/mol. The number of halogens is 1. The van der Waals surface area contributed by atoms with Crippen LogP contribution in [0.15, 0.2) is 42.5 Å². The summed E-state index contributed by atoms with van der Waals surface area (Å²) >= 11 is 7.16. The number of rotatable bonds is 7. The third-order valence-electron chi connectivity index (χ3n) is 4.27. The van der Waals surface area contributed by atoms with Gasteiger partial charge in [-0.1, -0.05) is 30.7 Å². The van der Waals surface area contributed by atoms with E-state index in [9.17, 15) is 9.59 Å². The number of aromatic nitrogens is 1. The van der Waals surface area contributed by atoms with Gasteiger partial charge < -0.3 is 9.47 Å². The zero-order chi connectivity index (χ0) is 22.4. The van der Waals surface area contributed by atoms with Crippen LogP contribution in [0.3, 0.4) is 0 Å². The number of thiazole rings is 1. The van der Waals surface area contributed by atoms with Crippen molar-refractivity contribution >= 4 is 34.8 Å². The fourth-order valence-electron chi connectivity index (χ4n) is 2.71. The summed E-state index contributed by atoms with van der Waals surface area (Å²) in [4.78, 5) is 29.9. The Kier molecular flexibility index (Phi) is 7.49. The molecule has 162 valence electrons. The third-order valence-corrected chi connectivity index (χ3v) is 5.73. The molecule has 2 amide bonds. The van der Waals surface area contributed by atoms with E-state index in [2.05, 4.69) is 15.8 Å². The zero-order valence-electron chi connectivity index (χ0n) is 17.3. The Labute approximate surface area is 189 Å². The molecule has 31 heavy (non-hydrogen) atoms. The summed E-state index contributed by atoms with van der Waals surface area (Å²) in [6, 6.07) is 12.0. The molecular weight excluding hydrogens is 438 g/mol. The molecule has 3 aromatic rings. The standard InChI is InChI=1S/C22H22ClN3O4S/c1-4-11-30-17-10-7-15(12-18(17)29-3)20(27)25-26-21(28)19-13(2)24-22(31-19)14-5-8-16(23)9-6-14/h5-10,12H,4,11H2,1-3H3,(H,25,27)(H,26,28). The molecule has 2 N–H and O–H groups in total. The summed E-state index contributed by atoms with van der Waals surface area (Å²) in [6.45, 7) is 4.29. The van der Waals surface area contributed by atoms with Crippen molar-refractivity contribution in [3.05, 3.63) is 63.6 Å². The molecule has 1 aromatic heterocycles. The maximum atomic E-state index is 12.6. The number of amides is 2. The normalized spacial score (nSPS) is 10.5. The van der Waals surface area contributed by atoms with E-state index in [1.165, 1.54) is 18.4 Å². The van der Waals surface area contributed by atoms with Crippen LogP contribution in [0.1, 0.15) is 39.1 Å². The summed E-state index contributed by atoms with van der Waals surface area (Å²) in [5, 5.41) is 1.32. The number of carbonyl (C=O) groups is 2. The van der Waals surface area contributed by atoms with Gasteiger partial charge in [0.25, 0.3) is 11.8 Å². The Morgan fingerprint density at radius 2 is 1.77 bits per heavy atom. The molecule has 0 saturated heterocycles. The lowest BCUT2D eigenvalue weighted by molar-refractivity contribution is 0.0848. The monoisotopic (exact) mass is 459 g/mol. The SMILES string of the molecule is CCCOc1ccc(C(=O)NNC(=O)c2sc(-c3ccc(Cl)cc3)nc2C)cc1OC. The molecule has 3 rings (SSSR count). The van der Waals surface area contributed by atoms with E-state index in [0.717, 1.165) is 12.0 Å². The Balaban J connectivity index is 1.66. The molecule has 0 spiro atoms. The second-order valence-corrected chi connectivity index (χ2v) is 8.00. The quantitative estimate of drug-likeness (QED) is 0.502. The minimum absolute atomic E-state index is 0.323. The van der Waals surface area contributed by atoms with Crippen molar-refractivity contribution in [1.82, 2.24) is 15.8 Å². The topological polar surface area (TPSA) is 89.6 Å². The highest BCUT2D eigenvalue weighted by molar-refractivity contribution is 7.17. The molecular formula is C22H22ClN3O4S. The van der Waals surface area contributed by atoms with Gasteiger partial charge in [0.2, 0.25) is 0 Å². The van der Waals surface area contributed by atoms with E-state index in [1.807, 2.05) is 19.1 Å². The number of hydrogen-bond acceptors (Lipinski definition) is 6. The van der Waals surface area contributed by atoms with Crippen LogP contribution in [0, 0.1) is 6.92 Å². The summed E-state index contributed by atoms with van der Waals surface area (Å²) < 4.78 is 10.9. The van der Waals surface area contributed by atoms with Crippen molar-refractivity contribution in [2.24, 2.45) is 0 Å². The first-order chi connectivity index (χ1) is 14.9. The van der Waals surface area contributed by atoms with E-state index in [0.29, 0.717) is 44.3 Å². The van der Waals surface area contributed by atoms with E-state index in [4.69, 9.17) is 21.1 Å². The molecule has 0 aliphatic carbocycles. The maximum Gasteiger partial charge on any atom is 0.281 e. The van der Waals surface area contributed by atoms with Crippen LogP contribution in [0.2, 0.25) is 5.02 Å². The molecule has 0 fully saturated rings. The number of nitrogens with zero attached hydrogens (tertiary/aromatic N) is 1. The van der Waals surface area contributed by atoms with Gasteiger partial charge in [-0.25, -0.2) is 4.98 Å². The van der Waals surface area contributed by atoms with Crippen LogP contribution in [0.5, 0.6) is 11.5 Å². The van der Waals surface area contributed by atoms with Gasteiger partial charge in [0.1, 0.15) is 9.88 Å². The average Bonchev–Trinajstić information content (AvgIpc) is 3.17. The third kappa shape index (κ3) is 5.53. The van der Waals surface area contributed by atoms with Gasteiger partial charge in [-0.2, -0.15) is 0 Å². The maximum absolute atomic E-state index is 12.6. The highest BCUT2D eigenvalue weighted by Gasteiger charge is 2.18. The predicted octanol–water partition coefficient (Wildman–Crippen LogP) is 4.64. The number of carbonyl (C=O) groups excluding carboxylic acids is 2. The summed E-state index contributed by atoms with van der Waals surface area (Å²) in [6.07, 6.45) is 0.855. The molecule has 7 nitrogen and oxygen atoms in total. The van der Waals surface area contributed by atoms with Crippen LogP contribution in [0.25, 0.3) is 10.6 Å². The van der Waals surface area contributed by atoms with Crippen molar-refractivity contribution in [2.45, 2.75) is 20.3 Å². The lowest BCUT2D eigenvalue weighted by atomic mass is 10.2. The summed E-state index contributed by atoms with van der Waals surface area (Å²) in [5.74, 6) is 0.0745. The molecule has 0 aliphatic heterocycles. The molecule has 1 heterocycles. The highest BCUT2D eigenvalue weighted by Crippen LogP contribution is 2.29. The first-order valence-electron chi connectivity index (χ1n) is 9.57. The summed E-state index contributed by atoms with van der Waals surface area (Å²) in [5.41, 5.74) is 6.61. The summed E-state index contributed by atoms with van der Waals surface area (Å²) in [7, 11) is 1.50. The fraction of sp³-hybridized carbons (Fsp3) is 0.227. The number of methoxy groups -OCH3 is 1. The van der Waals surface area contributed by atoms with Gasteiger partial charge in [-0.05, 0) is 43.7 Å². The first-order valence-corrected chi connectivity index (χ1v) is 10.8. The van der Waals surface area contributed by atoms with Gasteiger partial charge >= 0.3 is 0 Å². The number of hydrogen-bond donors (Lipinski definition) is 2. The zero-order valence-corrected chi connectivity index (χ0v) is 18.9. The molecule has 2 aromatic carbocycles. The smallest absolute Gasteiger partial charge is 0.281 e. The van der Waals surface area contributed by atoms with Gasteiger partial charge in [0, 0.05) is 16.1 Å². The lowest BCUT2D eigenvalue weighted by Crippen LogP contribution is -2.41. The lowest BCUT2D eigenvalue weighted by Gasteiger charge is -2.12. The molecule has 0 radical (unpaired) electrons.